The molecule has 0 bridgehead atoms. The molecule has 10 heterocycles. The average Bonchev–Trinajstić information content (AvgIpc) is 1.11. The van der Waals surface area contributed by atoms with Gasteiger partial charge in [-0.25, -0.2) is 104 Å². The van der Waals surface area contributed by atoms with Crippen LogP contribution in [0.2, 0.25) is 10.0 Å². The maximum atomic E-state index is 14.2. The fourth-order valence-electron chi connectivity index (χ4n) is 11.5. The summed E-state index contributed by atoms with van der Waals surface area (Å²) in [6, 6.07) is 56.5. The lowest BCUT2D eigenvalue weighted by Crippen LogP contribution is -2.05. The molecular weight excluding hydrogens is 2130 g/mol. The van der Waals surface area contributed by atoms with E-state index in [1.54, 1.807) is 51.1 Å². The van der Waals surface area contributed by atoms with Gasteiger partial charge in [-0.05, 0) is 300 Å². The Morgan fingerprint density at radius 2 is 0.439 bits per heavy atom. The molecule has 10 N–H and O–H groups in total. The monoisotopic (exact) mass is 2180 g/mol. The van der Waals surface area contributed by atoms with Crippen LogP contribution in [-0.2, 0) is 0 Å². The van der Waals surface area contributed by atoms with Crippen molar-refractivity contribution in [2.24, 2.45) is 0 Å². The fraction of sp³-hybridized carbons (Fsp3) is 0.0476. The predicted molar refractivity (Wildman–Crippen MR) is 506 cm³/mol. The molecule has 0 atom stereocenters. The number of halogens is 13. The fourth-order valence-corrected chi connectivity index (χ4v) is 13.7. The zero-order valence-corrected chi connectivity index (χ0v) is 75.5. The SMILES string of the molecule is Brc1ccccc1Nc1nc2nonc2nc1Nc1ccccc1Br.C.Cc1ccc(Nc2nc3nonc3nc2Nc2ccc(Cl)cc2F)c(F)c1.Cc1ccc(Nc2nc3nonc3nc2Nc2ccc(Cl)cc2F)c(F)c1.Cc1ccc(Nc2nc3nonc3nc2Nc2ccc(F)cc2F)c(F)c1.Ic1ccccc1Nc1nc2nonc2nc1Nc1ccccc1I. The molecule has 20 rings (SSSR count). The molecular formula is C84H57Br2Cl2F7I2N30O5. The van der Waals surface area contributed by atoms with Crippen LogP contribution in [0.5, 0.6) is 0 Å². The number of para-hydroxylation sites is 4. The van der Waals surface area contributed by atoms with Gasteiger partial charge in [-0.3, -0.25) is 0 Å². The van der Waals surface area contributed by atoms with Gasteiger partial charge in [-0.1, -0.05) is 97.4 Å². The summed E-state index contributed by atoms with van der Waals surface area (Å²) in [7, 11) is 0. The van der Waals surface area contributed by atoms with Gasteiger partial charge in [0.15, 0.2) is 58.2 Å². The predicted octanol–water partition coefficient (Wildman–Crippen LogP) is 24.1. The summed E-state index contributed by atoms with van der Waals surface area (Å²) in [6.07, 6.45) is 0. The number of hydrogen-bond acceptors (Lipinski definition) is 35. The van der Waals surface area contributed by atoms with E-state index in [2.05, 4.69) is 246 Å². The molecule has 0 aliphatic heterocycles. The Morgan fingerprint density at radius 1 is 0.242 bits per heavy atom. The van der Waals surface area contributed by atoms with Gasteiger partial charge in [-0.2, -0.15) is 0 Å². The van der Waals surface area contributed by atoms with E-state index >= 15 is 0 Å². The van der Waals surface area contributed by atoms with E-state index in [9.17, 15) is 30.7 Å². The Morgan fingerprint density at radius 3 is 0.667 bits per heavy atom. The highest BCUT2D eigenvalue weighted by molar-refractivity contribution is 14.1. The summed E-state index contributed by atoms with van der Waals surface area (Å²) in [5.41, 5.74) is 8.43. The minimum atomic E-state index is -0.831. The second-order valence-corrected chi connectivity index (χ2v) is 32.1. The van der Waals surface area contributed by atoms with Crippen molar-refractivity contribution in [1.29, 1.82) is 0 Å². The van der Waals surface area contributed by atoms with E-state index < -0.39 is 40.7 Å². The second kappa shape index (κ2) is 41.7. The summed E-state index contributed by atoms with van der Waals surface area (Å²) in [6.45, 7) is 5.30. The van der Waals surface area contributed by atoms with Crippen LogP contribution in [0.15, 0.2) is 238 Å². The van der Waals surface area contributed by atoms with Gasteiger partial charge < -0.3 is 53.2 Å². The highest BCUT2D eigenvalue weighted by atomic mass is 127. The van der Waals surface area contributed by atoms with Crippen molar-refractivity contribution in [2.45, 2.75) is 28.2 Å². The van der Waals surface area contributed by atoms with E-state index in [1.165, 1.54) is 54.6 Å². The van der Waals surface area contributed by atoms with E-state index in [0.29, 0.717) is 45.9 Å². The molecule has 132 heavy (non-hydrogen) atoms. The van der Waals surface area contributed by atoms with Gasteiger partial charge in [0, 0.05) is 32.2 Å². The van der Waals surface area contributed by atoms with Crippen molar-refractivity contribution in [3.05, 3.63) is 290 Å². The third kappa shape index (κ3) is 22.7. The van der Waals surface area contributed by atoms with Crippen molar-refractivity contribution in [3.8, 4) is 0 Å². The Balaban J connectivity index is 0.000000126. The molecule has 0 fully saturated rings. The third-order valence-electron chi connectivity index (χ3n) is 17.8. The molecule has 0 spiro atoms. The summed E-state index contributed by atoms with van der Waals surface area (Å²) in [5.74, 6) is -1.52. The van der Waals surface area contributed by atoms with Crippen LogP contribution in [0.1, 0.15) is 24.1 Å². The van der Waals surface area contributed by atoms with Gasteiger partial charge >= 0.3 is 0 Å². The molecule has 664 valence electrons. The third-order valence-corrected chi connectivity index (χ3v) is 21.5. The van der Waals surface area contributed by atoms with Crippen LogP contribution in [0.25, 0.3) is 56.5 Å². The Kier molecular flexibility index (Phi) is 29.0. The molecule has 0 aliphatic rings. The zero-order valence-electron chi connectivity index (χ0n) is 66.5. The lowest BCUT2D eigenvalue weighted by Gasteiger charge is -2.13. The minimum absolute atomic E-state index is 0. The number of rotatable bonds is 20. The first kappa shape index (κ1) is 91.8. The molecule has 0 aliphatic carbocycles. The van der Waals surface area contributed by atoms with Crippen LogP contribution in [-0.4, -0.2) is 101 Å². The van der Waals surface area contributed by atoms with Gasteiger partial charge in [-0.15, -0.1) is 0 Å². The lowest BCUT2D eigenvalue weighted by molar-refractivity contribution is 0.314. The maximum Gasteiger partial charge on any atom is 0.245 e. The quantitative estimate of drug-likeness (QED) is 0.0250. The average molecular weight is 2180 g/mol. The van der Waals surface area contributed by atoms with Crippen molar-refractivity contribution < 1.29 is 53.9 Å². The van der Waals surface area contributed by atoms with Crippen molar-refractivity contribution in [3.63, 3.8) is 0 Å². The number of benzene rings is 10. The number of nitrogens with one attached hydrogen (secondary N) is 10. The summed E-state index contributed by atoms with van der Waals surface area (Å²) < 4.78 is 125. The van der Waals surface area contributed by atoms with Gasteiger partial charge in [0.05, 0.1) is 56.9 Å². The van der Waals surface area contributed by atoms with Crippen LogP contribution in [0.3, 0.4) is 0 Å². The highest BCUT2D eigenvalue weighted by Crippen LogP contribution is 2.38. The molecule has 0 saturated heterocycles. The Labute approximate surface area is 792 Å². The first-order valence-electron chi connectivity index (χ1n) is 37.7. The topological polar surface area (TPSA) is 444 Å². The van der Waals surface area contributed by atoms with Gasteiger partial charge in [0.1, 0.15) is 40.7 Å². The molecule has 0 radical (unpaired) electrons. The van der Waals surface area contributed by atoms with E-state index in [1.807, 2.05) is 97.1 Å². The van der Waals surface area contributed by atoms with Crippen LogP contribution in [0, 0.1) is 68.6 Å². The van der Waals surface area contributed by atoms with E-state index in [0.717, 1.165) is 79.8 Å². The van der Waals surface area contributed by atoms with Gasteiger partial charge in [0.25, 0.3) is 0 Å². The van der Waals surface area contributed by atoms with Gasteiger partial charge in [0.2, 0.25) is 56.5 Å². The summed E-state index contributed by atoms with van der Waals surface area (Å²) in [4.78, 5) is 43.1. The first-order valence-corrected chi connectivity index (χ1v) is 42.2. The minimum Gasteiger partial charge on any atom is -0.336 e. The molecule has 10 aromatic carbocycles. The Hall–Kier alpha value is -14.9. The molecule has 0 unspecified atom stereocenters. The first-order chi connectivity index (χ1) is 63.4. The number of nitrogens with zero attached hydrogens (tertiary/aromatic N) is 20. The number of aryl methyl sites for hydroxylation is 3. The van der Waals surface area contributed by atoms with Crippen LogP contribution < -0.4 is 53.2 Å². The molecule has 10 aromatic heterocycles. The molecule has 48 heteroatoms. The Bertz CT molecular complexity index is 6590. The number of hydrogen-bond donors (Lipinski definition) is 10. The number of aromatic nitrogens is 20. The molecule has 35 nitrogen and oxygen atoms in total. The summed E-state index contributed by atoms with van der Waals surface area (Å²) in [5, 5.41) is 67.1. The highest BCUT2D eigenvalue weighted by Gasteiger charge is 2.24. The van der Waals surface area contributed by atoms with Crippen molar-refractivity contribution in [1.82, 2.24) is 101 Å². The van der Waals surface area contributed by atoms with Crippen LogP contribution >= 0.6 is 100 Å². The number of anilines is 20. The molecule has 0 amide bonds. The van der Waals surface area contributed by atoms with E-state index in [-0.39, 0.29) is 120 Å². The second-order valence-electron chi connectivity index (χ2n) is 27.2. The lowest BCUT2D eigenvalue weighted by atomic mass is 10.2. The zero-order chi connectivity index (χ0) is 91.3. The van der Waals surface area contributed by atoms with Crippen LogP contribution in [0.4, 0.5) is 146 Å². The smallest absolute Gasteiger partial charge is 0.245 e. The molecule has 0 saturated carbocycles. The van der Waals surface area contributed by atoms with Crippen molar-refractivity contribution in [2.75, 3.05) is 53.2 Å². The largest absolute Gasteiger partial charge is 0.336 e. The standard InChI is InChI=1S/2C17H11ClF2N6O.C17H11F3N6O.C16H10Br2N6O.C16H10I2N6O.CH4/c3*1-8-2-4-12(10(19)6-8)21-14-15(24-17-16(23-14)25-27-26-17)22-13-5-3-9(18)7-11(13)20;2*17-9-5-1-3-7-11(9)19-13-14(20-12-8-4-2-6-10(12)18)22-16-15(21-13)23-25-24-16;/h3*2-7H,1H3,(H,21,23,25)(H,22,24,26);2*1-8H,(H,19,21,23)(H,20,22,24);1H4. The van der Waals surface area contributed by atoms with E-state index in [4.69, 9.17) is 32.5 Å². The maximum absolute atomic E-state index is 14.2. The summed E-state index contributed by atoms with van der Waals surface area (Å²) >= 11 is 23.1. The number of fused-ring (bicyclic) bond motifs is 5. The van der Waals surface area contributed by atoms with Crippen molar-refractivity contribution >= 4 is 272 Å². The molecule has 20 aromatic rings. The normalized spacial score (nSPS) is 10.8.